The molecule has 3 aromatic rings. The molecule has 1 aliphatic heterocycles. The highest BCUT2D eigenvalue weighted by Crippen LogP contribution is 2.37. The zero-order valence-corrected chi connectivity index (χ0v) is 15.1. The molecule has 0 aromatic heterocycles. The molecule has 4 heteroatoms. The second-order valence-electron chi connectivity index (χ2n) is 6.79. The van der Waals surface area contributed by atoms with E-state index < -0.39 is 5.54 Å². The molecule has 1 aliphatic rings. The van der Waals surface area contributed by atoms with Crippen LogP contribution in [0.4, 0.5) is 11.4 Å². The van der Waals surface area contributed by atoms with E-state index in [-0.39, 0.29) is 11.7 Å². The van der Waals surface area contributed by atoms with Crippen molar-refractivity contribution in [3.05, 3.63) is 96.1 Å². The molecule has 4 rings (SSSR count). The maximum atomic E-state index is 13.5. The third kappa shape index (κ3) is 2.94. The first kappa shape index (κ1) is 17.2. The Morgan fingerprint density at radius 1 is 0.815 bits per heavy atom. The topological polar surface area (TPSA) is 49.4 Å². The average molecular weight is 356 g/mol. The molecule has 3 aromatic carbocycles. The van der Waals surface area contributed by atoms with E-state index in [4.69, 9.17) is 0 Å². The number of hydrogen-bond acceptors (Lipinski definition) is 3. The number of ketones is 1. The van der Waals surface area contributed by atoms with Crippen LogP contribution in [0.15, 0.2) is 84.9 Å². The number of nitrogens with zero attached hydrogens (tertiary/aromatic N) is 1. The van der Waals surface area contributed by atoms with Gasteiger partial charge in [0.2, 0.25) is 0 Å². The molecule has 4 nitrogen and oxygen atoms in total. The van der Waals surface area contributed by atoms with Crippen LogP contribution < -0.4 is 10.2 Å². The van der Waals surface area contributed by atoms with E-state index in [1.165, 1.54) is 0 Å². The molecular formula is C23H20N2O2. The number of carbonyl (C=O) groups is 2. The quantitative estimate of drug-likeness (QED) is 0.716. The van der Waals surface area contributed by atoms with Gasteiger partial charge in [-0.2, -0.15) is 0 Å². The van der Waals surface area contributed by atoms with Crippen molar-refractivity contribution in [2.45, 2.75) is 19.0 Å². The minimum absolute atomic E-state index is 0.203. The second kappa shape index (κ2) is 6.82. The average Bonchev–Trinajstić information content (AvgIpc) is 2.73. The summed E-state index contributed by atoms with van der Waals surface area (Å²) in [4.78, 5) is 28.4. The van der Waals surface area contributed by atoms with Gasteiger partial charge in [-0.15, -0.1) is 0 Å². The van der Waals surface area contributed by atoms with E-state index in [9.17, 15) is 9.59 Å². The first-order valence-electron chi connectivity index (χ1n) is 8.93. The van der Waals surface area contributed by atoms with Gasteiger partial charge >= 0.3 is 0 Å². The number of carbonyl (C=O) groups excluding carboxylic acids is 2. The summed E-state index contributed by atoms with van der Waals surface area (Å²) < 4.78 is 0. The lowest BCUT2D eigenvalue weighted by molar-refractivity contribution is -0.122. The molecule has 0 saturated carbocycles. The van der Waals surface area contributed by atoms with Crippen LogP contribution in [0.3, 0.4) is 0 Å². The van der Waals surface area contributed by atoms with Crippen molar-refractivity contribution in [2.75, 3.05) is 4.90 Å². The maximum absolute atomic E-state index is 13.5. The summed E-state index contributed by atoms with van der Waals surface area (Å²) in [5.74, 6) is -0.473. The molecule has 134 valence electrons. The lowest BCUT2D eigenvalue weighted by Gasteiger charge is -2.39. The predicted molar refractivity (Wildman–Crippen MR) is 106 cm³/mol. The Balaban J connectivity index is 1.77. The van der Waals surface area contributed by atoms with Crippen LogP contribution in [0.1, 0.15) is 22.8 Å². The van der Waals surface area contributed by atoms with Crippen LogP contribution in [-0.4, -0.2) is 17.2 Å². The lowest BCUT2D eigenvalue weighted by Crippen LogP contribution is -2.62. The minimum atomic E-state index is -1.33. The summed E-state index contributed by atoms with van der Waals surface area (Å²) in [7, 11) is 0. The Kier molecular flexibility index (Phi) is 4.34. The van der Waals surface area contributed by atoms with Gasteiger partial charge in [-0.25, -0.2) is 0 Å². The highest BCUT2D eigenvalue weighted by molar-refractivity contribution is 6.29. The van der Waals surface area contributed by atoms with Crippen molar-refractivity contribution in [3.8, 4) is 0 Å². The monoisotopic (exact) mass is 356 g/mol. The van der Waals surface area contributed by atoms with Crippen molar-refractivity contribution >= 4 is 23.1 Å². The molecule has 0 saturated heterocycles. The minimum Gasteiger partial charge on any atom is -0.293 e. The van der Waals surface area contributed by atoms with E-state index in [2.05, 4.69) is 5.32 Å². The first-order chi connectivity index (χ1) is 13.1. The fourth-order valence-corrected chi connectivity index (χ4v) is 3.42. The van der Waals surface area contributed by atoms with Crippen molar-refractivity contribution in [2.24, 2.45) is 0 Å². The van der Waals surface area contributed by atoms with Crippen molar-refractivity contribution in [3.63, 3.8) is 0 Å². The molecule has 1 N–H and O–H groups in total. The maximum Gasteiger partial charge on any atom is 0.259 e. The normalized spacial score (nSPS) is 19.1. The Bertz CT molecular complexity index is 986. The molecule has 1 atom stereocenters. The number of Topliss-reactive ketones (excluding diaryl/α,β-unsaturated/α-hetero) is 1. The van der Waals surface area contributed by atoms with Crippen LogP contribution in [0.5, 0.6) is 0 Å². The van der Waals surface area contributed by atoms with Gasteiger partial charge in [0.05, 0.1) is 5.69 Å². The number of para-hydroxylation sites is 2. The molecule has 0 spiro atoms. The Morgan fingerprint density at radius 3 is 2.11 bits per heavy atom. The Morgan fingerprint density at radius 2 is 1.41 bits per heavy atom. The fourth-order valence-electron chi connectivity index (χ4n) is 3.42. The van der Waals surface area contributed by atoms with Crippen molar-refractivity contribution in [1.29, 1.82) is 0 Å². The van der Waals surface area contributed by atoms with Crippen LogP contribution in [-0.2, 0) is 11.3 Å². The van der Waals surface area contributed by atoms with Gasteiger partial charge in [-0.05, 0) is 36.8 Å². The van der Waals surface area contributed by atoms with Gasteiger partial charge in [0.15, 0.2) is 11.3 Å². The third-order valence-corrected chi connectivity index (χ3v) is 4.98. The molecule has 0 fully saturated rings. The van der Waals surface area contributed by atoms with E-state index in [0.717, 1.165) is 11.3 Å². The largest absolute Gasteiger partial charge is 0.293 e. The van der Waals surface area contributed by atoms with Gasteiger partial charge in [0.25, 0.3) is 5.91 Å². The number of amides is 1. The van der Waals surface area contributed by atoms with E-state index in [0.29, 0.717) is 17.8 Å². The fraction of sp³-hybridized carbons (Fsp3) is 0.130. The predicted octanol–water partition coefficient (Wildman–Crippen LogP) is 4.10. The van der Waals surface area contributed by atoms with E-state index in [1.54, 1.807) is 17.9 Å². The number of anilines is 2. The van der Waals surface area contributed by atoms with Gasteiger partial charge < -0.3 is 0 Å². The smallest absolute Gasteiger partial charge is 0.259 e. The van der Waals surface area contributed by atoms with E-state index in [1.807, 2.05) is 78.9 Å². The molecular weight excluding hydrogens is 336 g/mol. The Hall–Kier alpha value is -3.24. The molecule has 0 radical (unpaired) electrons. The van der Waals surface area contributed by atoms with E-state index >= 15 is 0 Å². The van der Waals surface area contributed by atoms with Gasteiger partial charge in [-0.1, -0.05) is 60.7 Å². The number of benzene rings is 3. The van der Waals surface area contributed by atoms with Gasteiger partial charge in [0, 0.05) is 17.8 Å². The number of hydrogen-bond donors (Lipinski definition) is 1. The summed E-state index contributed by atoms with van der Waals surface area (Å²) in [6.45, 7) is 2.10. The summed E-state index contributed by atoms with van der Waals surface area (Å²) in [5, 5.41) is 3.21. The highest BCUT2D eigenvalue weighted by Gasteiger charge is 2.49. The second-order valence-corrected chi connectivity index (χ2v) is 6.79. The van der Waals surface area contributed by atoms with Crippen molar-refractivity contribution in [1.82, 2.24) is 5.32 Å². The summed E-state index contributed by atoms with van der Waals surface area (Å²) in [5.41, 5.74) is 1.60. The lowest BCUT2D eigenvalue weighted by atomic mass is 9.84. The summed E-state index contributed by atoms with van der Waals surface area (Å²) in [6.07, 6.45) is 0. The zero-order chi connectivity index (χ0) is 18.9. The molecule has 1 unspecified atom stereocenters. The van der Waals surface area contributed by atoms with Gasteiger partial charge in [-0.3, -0.25) is 19.8 Å². The molecule has 27 heavy (non-hydrogen) atoms. The molecule has 1 amide bonds. The zero-order valence-electron chi connectivity index (χ0n) is 15.1. The Labute approximate surface area is 158 Å². The van der Waals surface area contributed by atoms with Gasteiger partial charge in [0.1, 0.15) is 0 Å². The first-order valence-corrected chi connectivity index (χ1v) is 8.93. The van der Waals surface area contributed by atoms with Crippen LogP contribution in [0, 0.1) is 0 Å². The number of fused-ring (bicyclic) bond motifs is 1. The number of rotatable bonds is 4. The number of nitrogens with one attached hydrogen (secondary N) is 1. The van der Waals surface area contributed by atoms with Crippen LogP contribution in [0.25, 0.3) is 0 Å². The summed E-state index contributed by atoms with van der Waals surface area (Å²) in [6, 6.07) is 26.5. The third-order valence-electron chi connectivity index (χ3n) is 4.98. The van der Waals surface area contributed by atoms with Crippen LogP contribution in [0.2, 0.25) is 0 Å². The van der Waals surface area contributed by atoms with Crippen molar-refractivity contribution < 1.29 is 9.59 Å². The van der Waals surface area contributed by atoms with Crippen LogP contribution >= 0.6 is 0 Å². The molecule has 0 bridgehead atoms. The standard InChI is InChI=1S/C23H20N2O2/c1-23(24-16-17-10-4-2-5-11-17)21(26)19-14-8-9-15-20(19)25(22(23)27)18-12-6-3-7-13-18/h2-15,24H,16H2,1H3. The highest BCUT2D eigenvalue weighted by atomic mass is 16.2. The SMILES string of the molecule is CC1(NCc2ccccc2)C(=O)c2ccccc2N(c2ccccc2)C1=O. The molecule has 0 aliphatic carbocycles. The summed E-state index contributed by atoms with van der Waals surface area (Å²) >= 11 is 0. The molecule has 1 heterocycles.